The molecule has 1 heterocycles. The van der Waals surface area contributed by atoms with E-state index in [0.717, 1.165) is 5.56 Å². The van der Waals surface area contributed by atoms with Crippen molar-refractivity contribution in [2.24, 2.45) is 9.50 Å². The molecule has 3 aromatic carbocycles. The highest BCUT2D eigenvalue weighted by atomic mass is 32.2. The lowest BCUT2D eigenvalue weighted by Crippen LogP contribution is -2.34. The maximum atomic E-state index is 12.6. The molecule has 0 bridgehead atoms. The van der Waals surface area contributed by atoms with Crippen LogP contribution in [0.15, 0.2) is 93.3 Å². The van der Waals surface area contributed by atoms with Gasteiger partial charge in [0.1, 0.15) is 16.7 Å². The molecule has 0 N–H and O–H groups in total. The number of nitrogens with zero attached hydrogens (tertiary/aromatic N) is 3. The van der Waals surface area contributed by atoms with E-state index < -0.39 is 22.1 Å². The van der Waals surface area contributed by atoms with Crippen molar-refractivity contribution in [1.82, 2.24) is 5.01 Å². The van der Waals surface area contributed by atoms with E-state index in [0.29, 0.717) is 16.9 Å². The first kappa shape index (κ1) is 23.2. The Balaban J connectivity index is 1.61. The summed E-state index contributed by atoms with van der Waals surface area (Å²) in [6.45, 7) is 1.81. The van der Waals surface area contributed by atoms with Crippen LogP contribution in [0.25, 0.3) is 0 Å². The van der Waals surface area contributed by atoms with E-state index in [9.17, 15) is 13.2 Å². The Labute approximate surface area is 198 Å². The highest BCUT2D eigenvalue weighted by Gasteiger charge is 2.32. The lowest BCUT2D eigenvalue weighted by molar-refractivity contribution is 0.0300. The number of hydrazone groups is 1. The van der Waals surface area contributed by atoms with Crippen LogP contribution in [0.3, 0.4) is 0 Å². The second-order valence-electron chi connectivity index (χ2n) is 7.57. The number of sulfonamides is 1. The molecule has 0 radical (unpaired) electrons. The number of benzene rings is 3. The van der Waals surface area contributed by atoms with E-state index in [1.165, 1.54) is 11.1 Å². The number of fused-ring (bicyclic) bond motifs is 1. The van der Waals surface area contributed by atoms with Crippen molar-refractivity contribution in [2.75, 3.05) is 13.7 Å². The van der Waals surface area contributed by atoms with Crippen LogP contribution in [0.1, 0.15) is 28.4 Å². The number of esters is 1. The van der Waals surface area contributed by atoms with Crippen molar-refractivity contribution in [2.45, 2.75) is 17.9 Å². The highest BCUT2D eigenvalue weighted by molar-refractivity contribution is 7.90. The second kappa shape index (κ2) is 9.88. The quantitative estimate of drug-likeness (QED) is 0.292. The second-order valence-corrected chi connectivity index (χ2v) is 9.14. The molecular weight excluding hydrogens is 454 g/mol. The van der Waals surface area contributed by atoms with E-state index in [1.54, 1.807) is 74.8 Å². The van der Waals surface area contributed by atoms with Gasteiger partial charge >= 0.3 is 5.97 Å². The van der Waals surface area contributed by atoms with Crippen molar-refractivity contribution in [3.05, 3.63) is 95.6 Å². The number of carbonyl (C=O) groups excluding carboxylic acids is 1. The smallest absolute Gasteiger partial charge is 0.338 e. The Bertz CT molecular complexity index is 1340. The van der Waals surface area contributed by atoms with Crippen LogP contribution in [-0.4, -0.2) is 51.2 Å². The van der Waals surface area contributed by atoms with Gasteiger partial charge in [-0.05, 0) is 61.0 Å². The predicted molar refractivity (Wildman–Crippen MR) is 129 cm³/mol. The lowest BCUT2D eigenvalue weighted by Gasteiger charge is -2.23. The molecule has 8 nitrogen and oxygen atoms in total. The monoisotopic (exact) mass is 477 g/mol. The predicted octanol–water partition coefficient (Wildman–Crippen LogP) is 3.73. The molecule has 34 heavy (non-hydrogen) atoms. The number of ether oxygens (including phenoxy) is 2. The van der Waals surface area contributed by atoms with E-state index in [-0.39, 0.29) is 17.3 Å². The average Bonchev–Trinajstić information content (AvgIpc) is 3.13. The molecule has 0 aromatic heterocycles. The van der Waals surface area contributed by atoms with Crippen molar-refractivity contribution >= 4 is 28.0 Å². The standard InChI is InChI=1S/C25H23N3O5S/c1-18(33-25(29)20-8-4-3-5-9-20)17-28(26-16-19-12-14-21(32-2)15-13-19)24-22-10-6-7-11-23(22)34(30,31)27-24/h3-16,18H,17H2,1-2H3/b26-16-/t18-/m0/s1. The molecule has 0 spiro atoms. The summed E-state index contributed by atoms with van der Waals surface area (Å²) >= 11 is 0. The maximum absolute atomic E-state index is 12.6. The van der Waals surface area contributed by atoms with Crippen LogP contribution in [0.4, 0.5) is 0 Å². The van der Waals surface area contributed by atoms with Crippen LogP contribution in [0, 0.1) is 0 Å². The molecule has 174 valence electrons. The number of amidine groups is 1. The first-order valence-corrected chi connectivity index (χ1v) is 12.0. The molecule has 0 amide bonds. The zero-order valence-corrected chi connectivity index (χ0v) is 19.5. The molecule has 0 unspecified atom stereocenters. The molecule has 4 rings (SSSR count). The van der Waals surface area contributed by atoms with Gasteiger partial charge in [-0.15, -0.1) is 4.40 Å². The van der Waals surface area contributed by atoms with Gasteiger partial charge in [-0.25, -0.2) is 9.80 Å². The fourth-order valence-corrected chi connectivity index (χ4v) is 4.60. The number of methoxy groups -OCH3 is 1. The number of carbonyl (C=O) groups is 1. The fourth-order valence-electron chi connectivity index (χ4n) is 3.40. The SMILES string of the molecule is COc1ccc(/C=N\N(C[C@H](C)OC(=O)c2ccccc2)C2=NS(=O)(=O)c3ccccc32)cc1. The first-order valence-electron chi connectivity index (χ1n) is 10.5. The Morgan fingerprint density at radius 3 is 2.41 bits per heavy atom. The van der Waals surface area contributed by atoms with Crippen LogP contribution in [-0.2, 0) is 14.8 Å². The minimum absolute atomic E-state index is 0.0912. The lowest BCUT2D eigenvalue weighted by atomic mass is 10.2. The van der Waals surface area contributed by atoms with Gasteiger partial charge in [-0.3, -0.25) is 0 Å². The molecule has 1 aliphatic rings. The van der Waals surface area contributed by atoms with Crippen LogP contribution in [0.2, 0.25) is 0 Å². The normalized spacial score (nSPS) is 14.8. The minimum atomic E-state index is -3.85. The Morgan fingerprint density at radius 2 is 1.71 bits per heavy atom. The Kier molecular flexibility index (Phi) is 6.74. The molecular formula is C25H23N3O5S. The zero-order chi connectivity index (χ0) is 24.1. The topological polar surface area (TPSA) is 97.6 Å². The Morgan fingerprint density at radius 1 is 1.03 bits per heavy atom. The van der Waals surface area contributed by atoms with Gasteiger partial charge in [0.2, 0.25) is 0 Å². The number of rotatable bonds is 7. The van der Waals surface area contributed by atoms with Gasteiger partial charge in [0.05, 0.1) is 25.4 Å². The van der Waals surface area contributed by atoms with Crippen molar-refractivity contribution in [3.8, 4) is 5.75 Å². The van der Waals surface area contributed by atoms with Gasteiger partial charge < -0.3 is 9.47 Å². The molecule has 1 aliphatic heterocycles. The summed E-state index contributed by atoms with van der Waals surface area (Å²) in [5.41, 5.74) is 1.64. The van der Waals surface area contributed by atoms with Gasteiger partial charge in [0.15, 0.2) is 5.84 Å². The largest absolute Gasteiger partial charge is 0.497 e. The van der Waals surface area contributed by atoms with Crippen LogP contribution >= 0.6 is 0 Å². The van der Waals surface area contributed by atoms with E-state index in [4.69, 9.17) is 9.47 Å². The Hall–Kier alpha value is -3.98. The van der Waals surface area contributed by atoms with Crippen molar-refractivity contribution in [1.29, 1.82) is 0 Å². The molecule has 0 fully saturated rings. The third kappa shape index (κ3) is 5.15. The minimum Gasteiger partial charge on any atom is -0.497 e. The number of hydrogen-bond donors (Lipinski definition) is 0. The summed E-state index contributed by atoms with van der Waals surface area (Å²) < 4.78 is 39.9. The molecule has 1 atom stereocenters. The summed E-state index contributed by atoms with van der Waals surface area (Å²) in [5.74, 6) is 0.396. The van der Waals surface area contributed by atoms with E-state index in [1.807, 2.05) is 18.2 Å². The fraction of sp³-hybridized carbons (Fsp3) is 0.160. The summed E-state index contributed by atoms with van der Waals surface area (Å²) in [5, 5.41) is 5.94. The molecule has 0 saturated heterocycles. The van der Waals surface area contributed by atoms with Crippen LogP contribution in [0.5, 0.6) is 5.75 Å². The molecule has 9 heteroatoms. The third-order valence-electron chi connectivity index (χ3n) is 5.07. The van der Waals surface area contributed by atoms with Gasteiger partial charge in [0.25, 0.3) is 10.0 Å². The summed E-state index contributed by atoms with van der Waals surface area (Å²) in [6.07, 6.45) is 0.972. The average molecular weight is 478 g/mol. The number of hydrogen-bond acceptors (Lipinski definition) is 7. The van der Waals surface area contributed by atoms with E-state index in [2.05, 4.69) is 9.50 Å². The summed E-state index contributed by atoms with van der Waals surface area (Å²) in [6, 6.07) is 22.4. The third-order valence-corrected chi connectivity index (χ3v) is 6.39. The zero-order valence-electron chi connectivity index (χ0n) is 18.7. The maximum Gasteiger partial charge on any atom is 0.338 e. The van der Waals surface area contributed by atoms with E-state index >= 15 is 0 Å². The van der Waals surface area contributed by atoms with Gasteiger partial charge in [-0.2, -0.15) is 13.5 Å². The molecule has 0 aliphatic carbocycles. The molecule has 3 aromatic rings. The van der Waals surface area contributed by atoms with Crippen molar-refractivity contribution in [3.63, 3.8) is 0 Å². The molecule has 0 saturated carbocycles. The summed E-state index contributed by atoms with van der Waals surface area (Å²) in [7, 11) is -2.26. The van der Waals surface area contributed by atoms with Gasteiger partial charge in [0, 0.05) is 5.56 Å². The van der Waals surface area contributed by atoms with Crippen molar-refractivity contribution < 1.29 is 22.7 Å². The highest BCUT2D eigenvalue weighted by Crippen LogP contribution is 2.28. The first-order chi connectivity index (χ1) is 16.4. The van der Waals surface area contributed by atoms with Gasteiger partial charge in [-0.1, -0.05) is 30.3 Å². The van der Waals surface area contributed by atoms with Crippen LogP contribution < -0.4 is 4.74 Å². The summed E-state index contributed by atoms with van der Waals surface area (Å²) in [4.78, 5) is 12.6.